The Bertz CT molecular complexity index is 624. The van der Waals surface area contributed by atoms with Crippen molar-refractivity contribution >= 4 is 35.6 Å². The summed E-state index contributed by atoms with van der Waals surface area (Å²) in [7, 11) is 0. The average Bonchev–Trinajstić information content (AvgIpc) is 3.11. The first kappa shape index (κ1) is 23.2. The SMILES string of the molecule is CCNC(=NCCCN1CCN(c2ccccc2F)CC1)N1CC[C@@H](O)C1.I. The van der Waals surface area contributed by atoms with Crippen LogP contribution >= 0.6 is 24.0 Å². The Kier molecular flexibility index (Phi) is 9.73. The van der Waals surface area contributed by atoms with Crippen molar-refractivity contribution in [1.82, 2.24) is 15.1 Å². The van der Waals surface area contributed by atoms with Gasteiger partial charge in [-0.1, -0.05) is 12.1 Å². The number of aliphatic imine (C=N–C) groups is 1. The molecule has 158 valence electrons. The fraction of sp³-hybridized carbons (Fsp3) is 0.650. The first-order valence-electron chi connectivity index (χ1n) is 10.1. The fourth-order valence-electron chi connectivity index (χ4n) is 3.76. The third-order valence-electron chi connectivity index (χ3n) is 5.26. The molecule has 2 N–H and O–H groups in total. The minimum Gasteiger partial charge on any atom is -0.391 e. The van der Waals surface area contributed by atoms with E-state index in [2.05, 4.69) is 26.9 Å². The number of guanidine groups is 1. The molecule has 2 fully saturated rings. The summed E-state index contributed by atoms with van der Waals surface area (Å²) in [6, 6.07) is 7.02. The van der Waals surface area contributed by atoms with Gasteiger partial charge >= 0.3 is 0 Å². The maximum atomic E-state index is 13.9. The zero-order valence-electron chi connectivity index (χ0n) is 16.7. The molecule has 0 aromatic heterocycles. The van der Waals surface area contributed by atoms with Crippen LogP contribution in [0.5, 0.6) is 0 Å². The highest BCUT2D eigenvalue weighted by Gasteiger charge is 2.23. The molecule has 0 radical (unpaired) electrons. The molecule has 3 rings (SSSR count). The van der Waals surface area contributed by atoms with Gasteiger partial charge in [0, 0.05) is 58.9 Å². The summed E-state index contributed by atoms with van der Waals surface area (Å²) in [4.78, 5) is 11.4. The lowest BCUT2D eigenvalue weighted by Crippen LogP contribution is -2.47. The quantitative estimate of drug-likeness (QED) is 0.268. The number of hydrogen-bond donors (Lipinski definition) is 2. The van der Waals surface area contributed by atoms with E-state index in [1.165, 1.54) is 6.07 Å². The van der Waals surface area contributed by atoms with E-state index in [9.17, 15) is 9.50 Å². The largest absolute Gasteiger partial charge is 0.391 e. The van der Waals surface area contributed by atoms with Gasteiger partial charge in [0.25, 0.3) is 0 Å². The Morgan fingerprint density at radius 1 is 1.21 bits per heavy atom. The molecule has 0 bridgehead atoms. The number of benzene rings is 1. The molecule has 2 aliphatic rings. The van der Waals surface area contributed by atoms with Gasteiger partial charge < -0.3 is 20.2 Å². The van der Waals surface area contributed by atoms with E-state index in [0.29, 0.717) is 12.2 Å². The van der Waals surface area contributed by atoms with Gasteiger partial charge in [0.15, 0.2) is 5.96 Å². The Balaban J connectivity index is 0.00000280. The smallest absolute Gasteiger partial charge is 0.194 e. The number of nitrogens with zero attached hydrogens (tertiary/aromatic N) is 4. The summed E-state index contributed by atoms with van der Waals surface area (Å²) in [5.41, 5.74) is 0.713. The number of likely N-dealkylation sites (tertiary alicyclic amines) is 1. The summed E-state index contributed by atoms with van der Waals surface area (Å²) in [5.74, 6) is 0.779. The standard InChI is InChI=1S/C20H32FN5O.HI/c1-2-22-20(26-11-8-17(27)16-26)23-9-5-10-24-12-14-25(15-13-24)19-7-4-3-6-18(19)21;/h3-4,6-7,17,27H,2,5,8-16H2,1H3,(H,22,23);1H/t17-;/m1./s1. The highest BCUT2D eigenvalue weighted by molar-refractivity contribution is 14.0. The molecule has 0 unspecified atom stereocenters. The maximum Gasteiger partial charge on any atom is 0.194 e. The van der Waals surface area contributed by atoms with Crippen molar-refractivity contribution in [3.05, 3.63) is 30.1 Å². The third kappa shape index (κ3) is 6.45. The van der Waals surface area contributed by atoms with Crippen LogP contribution in [0, 0.1) is 5.82 Å². The van der Waals surface area contributed by atoms with Crippen LogP contribution in [0.2, 0.25) is 0 Å². The molecule has 1 atom stereocenters. The lowest BCUT2D eigenvalue weighted by atomic mass is 10.2. The van der Waals surface area contributed by atoms with Crippen molar-refractivity contribution in [3.8, 4) is 0 Å². The molecule has 6 nitrogen and oxygen atoms in total. The molecule has 2 aliphatic heterocycles. The summed E-state index contributed by atoms with van der Waals surface area (Å²) in [5, 5.41) is 13.0. The summed E-state index contributed by atoms with van der Waals surface area (Å²) < 4.78 is 13.9. The van der Waals surface area contributed by atoms with Gasteiger partial charge in [-0.15, -0.1) is 24.0 Å². The molecule has 8 heteroatoms. The van der Waals surface area contributed by atoms with Gasteiger partial charge in [-0.3, -0.25) is 9.89 Å². The Hall–Kier alpha value is -1.13. The number of nitrogens with one attached hydrogen (secondary N) is 1. The van der Waals surface area contributed by atoms with E-state index in [-0.39, 0.29) is 35.9 Å². The second-order valence-corrected chi connectivity index (χ2v) is 7.26. The van der Waals surface area contributed by atoms with E-state index in [0.717, 1.165) is 71.2 Å². The number of para-hydroxylation sites is 1. The Morgan fingerprint density at radius 2 is 1.96 bits per heavy atom. The summed E-state index contributed by atoms with van der Waals surface area (Å²) in [6.45, 7) is 9.86. The number of piperazine rings is 1. The number of rotatable bonds is 6. The molecule has 1 aromatic rings. The van der Waals surface area contributed by atoms with Gasteiger partial charge in [-0.2, -0.15) is 0 Å². The minimum atomic E-state index is -0.236. The Labute approximate surface area is 184 Å². The zero-order chi connectivity index (χ0) is 19.1. The van der Waals surface area contributed by atoms with E-state index in [1.807, 2.05) is 12.1 Å². The molecule has 0 spiro atoms. The highest BCUT2D eigenvalue weighted by Crippen LogP contribution is 2.20. The topological polar surface area (TPSA) is 54.3 Å². The monoisotopic (exact) mass is 505 g/mol. The number of aliphatic hydroxyl groups is 1. The first-order chi connectivity index (χ1) is 13.2. The number of hydrogen-bond acceptors (Lipinski definition) is 4. The molecule has 1 aromatic carbocycles. The van der Waals surface area contributed by atoms with Crippen molar-refractivity contribution in [2.75, 3.05) is 63.8 Å². The van der Waals surface area contributed by atoms with Crippen LogP contribution in [0.4, 0.5) is 10.1 Å². The molecule has 28 heavy (non-hydrogen) atoms. The van der Waals surface area contributed by atoms with E-state index in [1.54, 1.807) is 6.07 Å². The number of aliphatic hydroxyl groups excluding tert-OH is 1. The van der Waals surface area contributed by atoms with E-state index >= 15 is 0 Å². The predicted molar refractivity (Wildman–Crippen MR) is 123 cm³/mol. The second-order valence-electron chi connectivity index (χ2n) is 7.26. The lowest BCUT2D eigenvalue weighted by Gasteiger charge is -2.36. The van der Waals surface area contributed by atoms with Crippen LogP contribution < -0.4 is 10.2 Å². The van der Waals surface area contributed by atoms with Gasteiger partial charge in [-0.25, -0.2) is 4.39 Å². The van der Waals surface area contributed by atoms with Crippen molar-refractivity contribution < 1.29 is 9.50 Å². The summed E-state index contributed by atoms with van der Waals surface area (Å²) in [6.07, 6.45) is 1.58. The van der Waals surface area contributed by atoms with Crippen LogP contribution in [0.15, 0.2) is 29.3 Å². The zero-order valence-corrected chi connectivity index (χ0v) is 19.0. The van der Waals surface area contributed by atoms with Crippen LogP contribution in [0.25, 0.3) is 0 Å². The Morgan fingerprint density at radius 3 is 2.61 bits per heavy atom. The van der Waals surface area contributed by atoms with Crippen molar-refractivity contribution in [3.63, 3.8) is 0 Å². The van der Waals surface area contributed by atoms with Gasteiger partial charge in [0.2, 0.25) is 0 Å². The summed E-state index contributed by atoms with van der Waals surface area (Å²) >= 11 is 0. The fourth-order valence-corrected chi connectivity index (χ4v) is 3.76. The molecule has 0 aliphatic carbocycles. The van der Waals surface area contributed by atoms with Crippen LogP contribution in [0.3, 0.4) is 0 Å². The average molecular weight is 505 g/mol. The lowest BCUT2D eigenvalue weighted by molar-refractivity contribution is 0.187. The maximum absolute atomic E-state index is 13.9. The number of anilines is 1. The van der Waals surface area contributed by atoms with Gasteiger partial charge in [0.1, 0.15) is 5.82 Å². The minimum absolute atomic E-state index is 0. The third-order valence-corrected chi connectivity index (χ3v) is 5.26. The molecule has 2 heterocycles. The normalized spacial score (nSPS) is 21.0. The van der Waals surface area contributed by atoms with Crippen LogP contribution in [-0.4, -0.2) is 85.9 Å². The molecule has 0 saturated carbocycles. The second kappa shape index (κ2) is 11.8. The van der Waals surface area contributed by atoms with E-state index < -0.39 is 0 Å². The van der Waals surface area contributed by atoms with Gasteiger partial charge in [-0.05, 0) is 31.9 Å². The van der Waals surface area contributed by atoms with Gasteiger partial charge in [0.05, 0.1) is 11.8 Å². The van der Waals surface area contributed by atoms with E-state index in [4.69, 9.17) is 4.99 Å². The first-order valence-corrected chi connectivity index (χ1v) is 10.1. The molecular formula is C20H33FIN5O. The highest BCUT2D eigenvalue weighted by atomic mass is 127. The predicted octanol–water partition coefficient (Wildman–Crippen LogP) is 1.99. The van der Waals surface area contributed by atoms with Crippen LogP contribution in [0.1, 0.15) is 19.8 Å². The van der Waals surface area contributed by atoms with Crippen molar-refractivity contribution in [2.45, 2.75) is 25.9 Å². The number of halogens is 2. The molecular weight excluding hydrogens is 472 g/mol. The van der Waals surface area contributed by atoms with Crippen molar-refractivity contribution in [1.29, 1.82) is 0 Å². The van der Waals surface area contributed by atoms with Crippen LogP contribution in [-0.2, 0) is 0 Å². The number of β-amino-alcohol motifs (C(OH)–C–C–N with tert-alkyl or cyclic N) is 1. The van der Waals surface area contributed by atoms with Crippen molar-refractivity contribution in [2.24, 2.45) is 4.99 Å². The molecule has 2 saturated heterocycles. The molecule has 0 amide bonds.